The topological polar surface area (TPSA) is 106 Å². The van der Waals surface area contributed by atoms with Crippen molar-refractivity contribution < 1.29 is 8.42 Å². The number of rotatable bonds is 7. The Kier molecular flexibility index (Phi) is 5.02. The molecular formula is C18H22N6O2S. The van der Waals surface area contributed by atoms with Crippen LogP contribution in [0.5, 0.6) is 0 Å². The monoisotopic (exact) mass is 386 g/mol. The van der Waals surface area contributed by atoms with Crippen LogP contribution in [0.3, 0.4) is 0 Å². The summed E-state index contributed by atoms with van der Waals surface area (Å²) in [6.45, 7) is 0. The Balaban J connectivity index is 1.42. The van der Waals surface area contributed by atoms with Gasteiger partial charge >= 0.3 is 0 Å². The number of sulfone groups is 1. The molecule has 4 rings (SSSR count). The number of benzene rings is 1. The fraction of sp³-hybridized carbons (Fsp3) is 0.444. The van der Waals surface area contributed by atoms with Crippen molar-refractivity contribution in [2.45, 2.75) is 49.4 Å². The van der Waals surface area contributed by atoms with Crippen molar-refractivity contribution in [3.63, 3.8) is 0 Å². The van der Waals surface area contributed by atoms with E-state index in [2.05, 4.69) is 25.3 Å². The molecule has 1 aliphatic carbocycles. The number of nitrogens with one attached hydrogen (secondary N) is 1. The number of aromatic nitrogens is 6. The van der Waals surface area contributed by atoms with Crippen LogP contribution in [-0.4, -0.2) is 38.4 Å². The molecule has 1 aromatic carbocycles. The second-order valence-corrected chi connectivity index (χ2v) is 8.84. The molecule has 0 unspecified atom stereocenters. The van der Waals surface area contributed by atoms with E-state index in [9.17, 15) is 8.42 Å². The maximum absolute atomic E-state index is 12.6. The summed E-state index contributed by atoms with van der Waals surface area (Å²) in [5, 5.41) is 10.7. The summed E-state index contributed by atoms with van der Waals surface area (Å²) in [6.07, 6.45) is 8.37. The first kappa shape index (κ1) is 17.8. The van der Waals surface area contributed by atoms with E-state index in [1.54, 1.807) is 4.68 Å². The van der Waals surface area contributed by atoms with Crippen LogP contribution >= 0.6 is 0 Å². The lowest BCUT2D eigenvalue weighted by molar-refractivity contribution is 0.497. The fourth-order valence-corrected chi connectivity index (χ4v) is 4.51. The van der Waals surface area contributed by atoms with Gasteiger partial charge in [-0.3, -0.25) is 5.10 Å². The van der Waals surface area contributed by atoms with Gasteiger partial charge in [0, 0.05) is 6.42 Å². The lowest BCUT2D eigenvalue weighted by Gasteiger charge is -2.05. The number of para-hydroxylation sites is 1. The minimum Gasteiger partial charge on any atom is -0.262 e. The van der Waals surface area contributed by atoms with E-state index in [1.165, 1.54) is 32.0 Å². The average Bonchev–Trinajstić information content (AvgIpc) is 3.42. The Hall–Kier alpha value is -2.55. The summed E-state index contributed by atoms with van der Waals surface area (Å²) in [5.41, 5.74) is 0.820. The quantitative estimate of drug-likeness (QED) is 0.668. The Labute approximate surface area is 158 Å². The van der Waals surface area contributed by atoms with Gasteiger partial charge in [0.2, 0.25) is 9.84 Å². The molecule has 142 valence electrons. The molecule has 9 heteroatoms. The van der Waals surface area contributed by atoms with Gasteiger partial charge in [-0.05, 0) is 24.5 Å². The molecule has 0 radical (unpaired) electrons. The predicted octanol–water partition coefficient (Wildman–Crippen LogP) is 2.48. The molecule has 27 heavy (non-hydrogen) atoms. The summed E-state index contributed by atoms with van der Waals surface area (Å²) in [7, 11) is -3.69. The molecule has 1 aliphatic rings. The third-order valence-electron chi connectivity index (χ3n) is 4.93. The van der Waals surface area contributed by atoms with E-state index in [0.29, 0.717) is 5.82 Å². The van der Waals surface area contributed by atoms with Gasteiger partial charge in [-0.25, -0.2) is 23.1 Å². The second kappa shape index (κ2) is 7.59. The van der Waals surface area contributed by atoms with E-state index < -0.39 is 9.84 Å². The van der Waals surface area contributed by atoms with Crippen LogP contribution in [0.15, 0.2) is 41.8 Å². The predicted molar refractivity (Wildman–Crippen MR) is 98.9 cm³/mol. The zero-order valence-electron chi connectivity index (χ0n) is 15.0. The van der Waals surface area contributed by atoms with Crippen LogP contribution in [0.2, 0.25) is 0 Å². The van der Waals surface area contributed by atoms with E-state index >= 15 is 0 Å². The van der Waals surface area contributed by atoms with E-state index in [-0.39, 0.29) is 16.7 Å². The Morgan fingerprint density at radius 3 is 2.70 bits per heavy atom. The van der Waals surface area contributed by atoms with Crippen molar-refractivity contribution in [1.82, 2.24) is 29.9 Å². The first-order valence-corrected chi connectivity index (χ1v) is 10.9. The van der Waals surface area contributed by atoms with Crippen molar-refractivity contribution in [2.75, 3.05) is 0 Å². The van der Waals surface area contributed by atoms with Crippen LogP contribution in [0.25, 0.3) is 5.69 Å². The highest BCUT2D eigenvalue weighted by atomic mass is 32.2. The molecule has 0 saturated heterocycles. The highest BCUT2D eigenvalue weighted by Gasteiger charge is 2.24. The number of nitrogens with zero attached hydrogens (tertiary/aromatic N) is 5. The van der Waals surface area contributed by atoms with Gasteiger partial charge in [0.1, 0.15) is 17.9 Å². The summed E-state index contributed by atoms with van der Waals surface area (Å²) in [6, 6.07) is 9.42. The Bertz CT molecular complexity index is 990. The number of hydrogen-bond acceptors (Lipinski definition) is 6. The number of H-pyrrole nitrogens is 1. The summed E-state index contributed by atoms with van der Waals surface area (Å²) in [5.74, 6) is 1.24. The molecule has 1 fully saturated rings. The SMILES string of the molecule is O=S(=O)(Cc1ncn(-c2ccccc2)n1)c1n[nH]c(CCC2CCCC2)n1. The van der Waals surface area contributed by atoms with Gasteiger partial charge in [0.05, 0.1) is 5.69 Å². The maximum Gasteiger partial charge on any atom is 0.267 e. The molecule has 2 heterocycles. The van der Waals surface area contributed by atoms with Crippen LogP contribution in [0.4, 0.5) is 0 Å². The zero-order valence-corrected chi connectivity index (χ0v) is 15.8. The average molecular weight is 386 g/mol. The van der Waals surface area contributed by atoms with Crippen molar-refractivity contribution >= 4 is 9.84 Å². The molecule has 0 spiro atoms. The minimum atomic E-state index is -3.69. The molecule has 8 nitrogen and oxygen atoms in total. The lowest BCUT2D eigenvalue weighted by atomic mass is 10.0. The van der Waals surface area contributed by atoms with E-state index in [4.69, 9.17) is 0 Å². The van der Waals surface area contributed by atoms with Crippen molar-refractivity contribution in [1.29, 1.82) is 0 Å². The largest absolute Gasteiger partial charge is 0.267 e. The number of aryl methyl sites for hydroxylation is 1. The maximum atomic E-state index is 12.6. The van der Waals surface area contributed by atoms with E-state index in [1.807, 2.05) is 30.3 Å². The standard InChI is InChI=1S/C18H22N6O2S/c25-27(26,12-17-19-13-24(23-17)15-8-2-1-3-9-15)18-20-16(21-22-18)11-10-14-6-4-5-7-14/h1-3,8-9,13-14H,4-7,10-12H2,(H,20,21,22). The van der Waals surface area contributed by atoms with Crippen molar-refractivity contribution in [3.05, 3.63) is 48.3 Å². The normalized spacial score (nSPS) is 15.4. The Morgan fingerprint density at radius 1 is 1.15 bits per heavy atom. The Morgan fingerprint density at radius 2 is 1.93 bits per heavy atom. The first-order valence-electron chi connectivity index (χ1n) is 9.20. The third kappa shape index (κ3) is 4.24. The molecule has 0 atom stereocenters. The van der Waals surface area contributed by atoms with Crippen LogP contribution in [-0.2, 0) is 22.0 Å². The molecule has 2 aromatic heterocycles. The van der Waals surface area contributed by atoms with Gasteiger partial charge in [0.15, 0.2) is 5.82 Å². The molecule has 0 aliphatic heterocycles. The number of hydrogen-bond donors (Lipinski definition) is 1. The molecule has 0 bridgehead atoms. The highest BCUT2D eigenvalue weighted by molar-refractivity contribution is 7.90. The second-order valence-electron chi connectivity index (χ2n) is 6.95. The number of aromatic amines is 1. The van der Waals surface area contributed by atoms with Crippen molar-refractivity contribution in [2.24, 2.45) is 5.92 Å². The highest BCUT2D eigenvalue weighted by Crippen LogP contribution is 2.28. The van der Waals surface area contributed by atoms with Gasteiger partial charge in [-0.2, -0.15) is 5.10 Å². The summed E-state index contributed by atoms with van der Waals surface area (Å²) in [4.78, 5) is 8.29. The van der Waals surface area contributed by atoms with Gasteiger partial charge in [-0.15, -0.1) is 5.10 Å². The summed E-state index contributed by atoms with van der Waals surface area (Å²) >= 11 is 0. The lowest BCUT2D eigenvalue weighted by Crippen LogP contribution is -2.09. The van der Waals surface area contributed by atoms with Gasteiger partial charge in [0.25, 0.3) is 5.16 Å². The fourth-order valence-electron chi connectivity index (χ4n) is 3.47. The molecule has 1 saturated carbocycles. The van der Waals surface area contributed by atoms with E-state index in [0.717, 1.165) is 24.4 Å². The molecule has 3 aromatic rings. The summed E-state index contributed by atoms with van der Waals surface area (Å²) < 4.78 is 26.7. The first-order chi connectivity index (χ1) is 13.1. The minimum absolute atomic E-state index is 0.181. The van der Waals surface area contributed by atoms with Crippen LogP contribution in [0.1, 0.15) is 43.8 Å². The van der Waals surface area contributed by atoms with Gasteiger partial charge < -0.3 is 0 Å². The molecule has 1 N–H and O–H groups in total. The smallest absolute Gasteiger partial charge is 0.262 e. The zero-order chi connectivity index (χ0) is 18.7. The van der Waals surface area contributed by atoms with Gasteiger partial charge in [-0.1, -0.05) is 43.9 Å². The van der Waals surface area contributed by atoms with Crippen LogP contribution < -0.4 is 0 Å². The third-order valence-corrected chi connectivity index (χ3v) is 6.31. The van der Waals surface area contributed by atoms with Crippen LogP contribution in [0, 0.1) is 5.92 Å². The van der Waals surface area contributed by atoms with Crippen molar-refractivity contribution in [3.8, 4) is 5.69 Å². The molecular weight excluding hydrogens is 364 g/mol. The molecule has 0 amide bonds.